The number of phosphoric acid groups is 1. The fourth-order valence-corrected chi connectivity index (χ4v) is 11.9. The number of nitrogens with two attached hydrogens (primary N) is 1. The molecule has 0 aromatic carbocycles. The highest BCUT2D eigenvalue weighted by Crippen LogP contribution is 2.68. The molecule has 16 nitrogen and oxygen atoms in total. The molecule has 2 aromatic rings. The van der Waals surface area contributed by atoms with Crippen molar-refractivity contribution in [1.29, 1.82) is 0 Å². The number of nitrogen functional groups attached to an aromatic ring is 1. The first kappa shape index (κ1) is 39.8. The summed E-state index contributed by atoms with van der Waals surface area (Å²) in [6.07, 6.45) is 2.20. The van der Waals surface area contributed by atoms with E-state index in [4.69, 9.17) is 19.5 Å². The van der Waals surface area contributed by atoms with Gasteiger partial charge >= 0.3 is 7.82 Å². The van der Waals surface area contributed by atoms with Crippen molar-refractivity contribution >= 4 is 30.6 Å². The Morgan fingerprint density at radius 2 is 1.83 bits per heavy atom. The molecule has 0 spiro atoms. The lowest BCUT2D eigenvalue weighted by atomic mass is 9.46. The summed E-state index contributed by atoms with van der Waals surface area (Å²) in [6.45, 7) is 8.82. The number of aliphatic hydroxyl groups is 5. The number of ketones is 1. The van der Waals surface area contributed by atoms with E-state index in [1.807, 2.05) is 13.8 Å². The van der Waals surface area contributed by atoms with Gasteiger partial charge in [0.25, 0.3) is 0 Å². The zero-order chi connectivity index (χ0) is 39.2. The first-order chi connectivity index (χ1) is 25.2. The number of rotatable bonds is 11. The number of carbonyl (C=O) groups is 1. The average molecular weight is 778 g/mol. The lowest BCUT2D eigenvalue weighted by Gasteiger charge is -2.60. The van der Waals surface area contributed by atoms with Crippen LogP contribution in [-0.2, 0) is 23.1 Å². The van der Waals surface area contributed by atoms with Crippen LogP contribution in [0.4, 0.5) is 5.82 Å². The molecule has 3 saturated carbocycles. The molecule has 0 amide bonds. The molecule has 14 unspecified atom stereocenters. The number of nitrogens with zero attached hydrogens (tertiary/aromatic N) is 4. The first-order valence-corrected chi connectivity index (χ1v) is 20.7. The van der Waals surface area contributed by atoms with Crippen LogP contribution in [0.5, 0.6) is 0 Å². The Hall–Kier alpha value is -2.37. The van der Waals surface area contributed by atoms with Crippen molar-refractivity contribution < 1.29 is 53.6 Å². The Labute approximate surface area is 314 Å². The fraction of sp³-hybridized carbons (Fsp3) is 0.784. The minimum atomic E-state index is -4.84. The van der Waals surface area contributed by atoms with Gasteiger partial charge in [-0.3, -0.25) is 18.4 Å². The number of hydrogen-bond donors (Lipinski definition) is 7. The molecule has 0 radical (unpaired) electrons. The van der Waals surface area contributed by atoms with Gasteiger partial charge in [0.1, 0.15) is 30.2 Å². The normalized spacial score (nSPS) is 40.4. The summed E-state index contributed by atoms with van der Waals surface area (Å²) in [5.41, 5.74) is 3.82. The standard InChI is InChI=1S/C37H56N5O11P/c1-19(21-8-13-37(48)23-15-25(44)24-14-20(43)6-11-35(24,4)22(23)7-12-36(21,37)5)26(9-10-34(2,3)47)53-54(49,50)51-16-27-29(45)30(46)33(52-27)42-18-41-28-31(38)39-17-40-32(28)42/h15,17-22,24,26-27,29-30,33,43,45-48H,6-14,16H2,1-5H3,(H,49,50)(H2,38,39,40). The van der Waals surface area contributed by atoms with Crippen molar-refractivity contribution in [3.05, 3.63) is 24.3 Å². The molecule has 5 aliphatic rings. The number of hydrogen-bond acceptors (Lipinski definition) is 14. The molecule has 54 heavy (non-hydrogen) atoms. The monoisotopic (exact) mass is 777 g/mol. The largest absolute Gasteiger partial charge is 0.472 e. The minimum absolute atomic E-state index is 0.0123. The zero-order valence-electron chi connectivity index (χ0n) is 31.6. The van der Waals surface area contributed by atoms with Gasteiger partial charge in [-0.25, -0.2) is 19.5 Å². The first-order valence-electron chi connectivity index (χ1n) is 19.2. The van der Waals surface area contributed by atoms with Gasteiger partial charge in [0.2, 0.25) is 0 Å². The maximum Gasteiger partial charge on any atom is 0.472 e. The maximum absolute atomic E-state index is 13.7. The summed E-state index contributed by atoms with van der Waals surface area (Å²) in [4.78, 5) is 36.9. The molecule has 1 aliphatic heterocycles. The van der Waals surface area contributed by atoms with Gasteiger partial charge in [-0.1, -0.05) is 20.8 Å². The quantitative estimate of drug-likeness (QED) is 0.162. The number of aliphatic hydroxyl groups excluding tert-OH is 3. The molecule has 17 heteroatoms. The second-order valence-corrected chi connectivity index (χ2v) is 19.2. The molecule has 2 aromatic heterocycles. The SMILES string of the molecule is CC(C(CCC(C)(C)O)OP(=O)(O)OCC1OC(n2cnc3c(N)ncnc32)C(O)C1O)C1CCC2(O)C3=CC(=O)C4CC(O)CCC4(C)C3CCC12C. The molecule has 1 saturated heterocycles. The maximum atomic E-state index is 13.7. The van der Waals surface area contributed by atoms with Gasteiger partial charge < -0.3 is 40.9 Å². The van der Waals surface area contributed by atoms with Crippen LogP contribution in [0, 0.1) is 34.5 Å². The van der Waals surface area contributed by atoms with E-state index < -0.39 is 67.8 Å². The highest BCUT2D eigenvalue weighted by atomic mass is 31.2. The number of anilines is 1. The van der Waals surface area contributed by atoms with Crippen LogP contribution in [0.25, 0.3) is 11.2 Å². The Bertz CT molecular complexity index is 1840. The third kappa shape index (κ3) is 6.67. The van der Waals surface area contributed by atoms with Crippen molar-refractivity contribution in [3.8, 4) is 0 Å². The number of carbonyl (C=O) groups excluding carboxylic acids is 1. The van der Waals surface area contributed by atoms with E-state index in [1.54, 1.807) is 19.9 Å². The van der Waals surface area contributed by atoms with Crippen molar-refractivity contribution in [2.24, 2.45) is 34.5 Å². The number of fused-ring (bicyclic) bond motifs is 6. The third-order valence-electron chi connectivity index (χ3n) is 14.1. The zero-order valence-corrected chi connectivity index (χ0v) is 32.5. The van der Waals surface area contributed by atoms with E-state index in [1.165, 1.54) is 17.2 Å². The number of imidazole rings is 1. The van der Waals surface area contributed by atoms with Crippen LogP contribution < -0.4 is 5.73 Å². The van der Waals surface area contributed by atoms with Crippen LogP contribution in [0.3, 0.4) is 0 Å². The number of phosphoric ester groups is 1. The Balaban J connectivity index is 1.07. The van der Waals surface area contributed by atoms with E-state index in [9.17, 15) is 39.8 Å². The van der Waals surface area contributed by atoms with E-state index >= 15 is 0 Å². The second kappa shape index (κ2) is 13.9. The Kier molecular flexibility index (Phi) is 10.3. The summed E-state index contributed by atoms with van der Waals surface area (Å²) in [5.74, 6) is -0.738. The van der Waals surface area contributed by atoms with Gasteiger partial charge in [0.15, 0.2) is 23.5 Å². The van der Waals surface area contributed by atoms with E-state index in [2.05, 4.69) is 21.9 Å². The second-order valence-electron chi connectivity index (χ2n) is 17.8. The number of ether oxygens (including phenoxy) is 1. The average Bonchev–Trinajstić information content (AvgIpc) is 3.74. The molecule has 3 heterocycles. The lowest BCUT2D eigenvalue weighted by molar-refractivity contribution is -0.142. The summed E-state index contributed by atoms with van der Waals surface area (Å²) in [6, 6.07) is 0. The van der Waals surface area contributed by atoms with Gasteiger partial charge in [0, 0.05) is 11.3 Å². The molecule has 4 fully saturated rings. The fourth-order valence-electron chi connectivity index (χ4n) is 10.9. The predicted molar refractivity (Wildman–Crippen MR) is 194 cm³/mol. The highest BCUT2D eigenvalue weighted by molar-refractivity contribution is 7.47. The van der Waals surface area contributed by atoms with Gasteiger partial charge in [-0.05, 0) is 106 Å². The third-order valence-corrected chi connectivity index (χ3v) is 15.1. The van der Waals surface area contributed by atoms with Gasteiger partial charge in [0.05, 0.1) is 36.3 Å². The molecular formula is C37H56N5O11P. The van der Waals surface area contributed by atoms with Crippen LogP contribution >= 0.6 is 7.82 Å². The Morgan fingerprint density at radius 1 is 1.09 bits per heavy atom. The topological polar surface area (TPSA) is 253 Å². The highest BCUT2D eigenvalue weighted by Gasteiger charge is 2.67. The number of aromatic nitrogens is 4. The summed E-state index contributed by atoms with van der Waals surface area (Å²) in [7, 11) is -4.84. The lowest BCUT2D eigenvalue weighted by Crippen LogP contribution is -2.59. The molecule has 300 valence electrons. The summed E-state index contributed by atoms with van der Waals surface area (Å²) in [5, 5.41) is 55.5. The molecule has 7 rings (SSSR count). The molecular weight excluding hydrogens is 721 g/mol. The van der Waals surface area contributed by atoms with Crippen molar-refractivity contribution in [1.82, 2.24) is 19.5 Å². The molecule has 8 N–H and O–H groups in total. The van der Waals surface area contributed by atoms with Crippen molar-refractivity contribution in [2.45, 2.75) is 140 Å². The van der Waals surface area contributed by atoms with E-state index in [-0.39, 0.29) is 64.7 Å². The van der Waals surface area contributed by atoms with Gasteiger partial charge in [-0.2, -0.15) is 0 Å². The smallest absolute Gasteiger partial charge is 0.393 e. The molecule has 4 aliphatic carbocycles. The summed E-state index contributed by atoms with van der Waals surface area (Å²) >= 11 is 0. The van der Waals surface area contributed by atoms with Crippen LogP contribution in [-0.4, -0.2) is 104 Å². The summed E-state index contributed by atoms with van der Waals surface area (Å²) < 4.78 is 32.3. The number of allylic oxidation sites excluding steroid dienone is 1. The van der Waals surface area contributed by atoms with Crippen molar-refractivity contribution in [3.63, 3.8) is 0 Å². The van der Waals surface area contributed by atoms with Crippen LogP contribution in [0.1, 0.15) is 98.6 Å². The molecule has 0 bridgehead atoms. The van der Waals surface area contributed by atoms with Crippen LogP contribution in [0.15, 0.2) is 24.3 Å². The van der Waals surface area contributed by atoms with Crippen LogP contribution in [0.2, 0.25) is 0 Å². The van der Waals surface area contributed by atoms with Gasteiger partial charge in [-0.15, -0.1) is 0 Å². The predicted octanol–water partition coefficient (Wildman–Crippen LogP) is 2.95. The minimum Gasteiger partial charge on any atom is -0.393 e. The van der Waals surface area contributed by atoms with Crippen molar-refractivity contribution in [2.75, 3.05) is 12.3 Å². The molecule has 14 atom stereocenters. The van der Waals surface area contributed by atoms with E-state index in [0.29, 0.717) is 38.5 Å². The van der Waals surface area contributed by atoms with E-state index in [0.717, 1.165) is 12.0 Å². The Morgan fingerprint density at radius 3 is 2.56 bits per heavy atom.